The van der Waals surface area contributed by atoms with Crippen molar-refractivity contribution in [2.75, 3.05) is 26.2 Å². The minimum absolute atomic E-state index is 0.543. The molecule has 1 fully saturated rings. The third kappa shape index (κ3) is 2.45. The van der Waals surface area contributed by atoms with Crippen LogP contribution in [0.2, 0.25) is 0 Å². The maximum atomic E-state index is 3.40. The molecule has 0 spiro atoms. The fraction of sp³-hybridized carbons (Fsp3) is 0.571. The summed E-state index contributed by atoms with van der Waals surface area (Å²) in [5.74, 6) is 0. The summed E-state index contributed by atoms with van der Waals surface area (Å²) in [7, 11) is 0. The number of nitrogens with one attached hydrogen (secondary N) is 1. The molecule has 1 aromatic carbocycles. The van der Waals surface area contributed by atoms with Crippen LogP contribution in [-0.4, -0.2) is 31.1 Å². The van der Waals surface area contributed by atoms with Gasteiger partial charge in [0.1, 0.15) is 0 Å². The standard InChI is InChI=1S/C14H22N2/c1-11-4-5-14(10-12(11)2)13(3)16-8-6-15-7-9-16/h4-5,10,13,15H,6-9H2,1-3H3/t13-/m1/s1. The molecule has 0 amide bonds. The third-order valence-electron chi connectivity index (χ3n) is 3.71. The maximum absolute atomic E-state index is 3.40. The predicted molar refractivity (Wildman–Crippen MR) is 68.8 cm³/mol. The first-order valence-electron chi connectivity index (χ1n) is 6.20. The summed E-state index contributed by atoms with van der Waals surface area (Å²) in [5, 5.41) is 3.40. The van der Waals surface area contributed by atoms with Crippen LogP contribution in [-0.2, 0) is 0 Å². The van der Waals surface area contributed by atoms with Crippen LogP contribution >= 0.6 is 0 Å². The Kier molecular flexibility index (Phi) is 3.62. The van der Waals surface area contributed by atoms with E-state index in [0.717, 1.165) is 26.2 Å². The first-order valence-corrected chi connectivity index (χ1v) is 6.20. The van der Waals surface area contributed by atoms with Crippen molar-refractivity contribution in [2.24, 2.45) is 0 Å². The fourth-order valence-electron chi connectivity index (χ4n) is 2.30. The van der Waals surface area contributed by atoms with E-state index in [2.05, 4.69) is 49.2 Å². The summed E-state index contributed by atoms with van der Waals surface area (Å²) in [6.07, 6.45) is 0. The number of hydrogen-bond acceptors (Lipinski definition) is 2. The van der Waals surface area contributed by atoms with Crippen LogP contribution in [0.5, 0.6) is 0 Å². The van der Waals surface area contributed by atoms with E-state index in [0.29, 0.717) is 6.04 Å². The van der Waals surface area contributed by atoms with Crippen LogP contribution in [0.1, 0.15) is 29.7 Å². The molecule has 1 aliphatic rings. The highest BCUT2D eigenvalue weighted by Crippen LogP contribution is 2.22. The molecule has 16 heavy (non-hydrogen) atoms. The Labute approximate surface area is 98.7 Å². The summed E-state index contributed by atoms with van der Waals surface area (Å²) >= 11 is 0. The monoisotopic (exact) mass is 218 g/mol. The minimum Gasteiger partial charge on any atom is -0.314 e. The molecule has 1 N–H and O–H groups in total. The second-order valence-corrected chi connectivity index (χ2v) is 4.81. The van der Waals surface area contributed by atoms with Crippen LogP contribution in [0.25, 0.3) is 0 Å². The average Bonchev–Trinajstić information content (AvgIpc) is 2.33. The zero-order valence-corrected chi connectivity index (χ0v) is 10.6. The molecule has 1 aromatic rings. The van der Waals surface area contributed by atoms with Crippen LogP contribution in [0.4, 0.5) is 0 Å². The molecule has 1 heterocycles. The van der Waals surface area contributed by atoms with Crippen molar-refractivity contribution in [1.29, 1.82) is 0 Å². The Balaban J connectivity index is 2.12. The molecule has 0 unspecified atom stereocenters. The van der Waals surface area contributed by atoms with E-state index < -0.39 is 0 Å². The Morgan fingerprint density at radius 3 is 2.44 bits per heavy atom. The molecule has 1 aliphatic heterocycles. The zero-order chi connectivity index (χ0) is 11.5. The van der Waals surface area contributed by atoms with E-state index in [1.807, 2.05) is 0 Å². The van der Waals surface area contributed by atoms with Gasteiger partial charge in [0.15, 0.2) is 0 Å². The van der Waals surface area contributed by atoms with E-state index in [1.165, 1.54) is 16.7 Å². The normalized spacial score (nSPS) is 19.7. The summed E-state index contributed by atoms with van der Waals surface area (Å²) in [6.45, 7) is 11.2. The lowest BCUT2D eigenvalue weighted by molar-refractivity contribution is 0.185. The predicted octanol–water partition coefficient (Wildman–Crippen LogP) is 2.27. The van der Waals surface area contributed by atoms with E-state index in [9.17, 15) is 0 Å². The number of benzene rings is 1. The van der Waals surface area contributed by atoms with Crippen molar-refractivity contribution in [3.8, 4) is 0 Å². The smallest absolute Gasteiger partial charge is 0.0321 e. The lowest BCUT2D eigenvalue weighted by atomic mass is 10.0. The Morgan fingerprint density at radius 2 is 1.81 bits per heavy atom. The molecule has 0 radical (unpaired) electrons. The van der Waals surface area contributed by atoms with Gasteiger partial charge >= 0.3 is 0 Å². The van der Waals surface area contributed by atoms with E-state index in [4.69, 9.17) is 0 Å². The van der Waals surface area contributed by atoms with Crippen LogP contribution < -0.4 is 5.32 Å². The zero-order valence-electron chi connectivity index (χ0n) is 10.6. The lowest BCUT2D eigenvalue weighted by Crippen LogP contribution is -2.44. The van der Waals surface area contributed by atoms with Crippen molar-refractivity contribution in [3.63, 3.8) is 0 Å². The molecule has 0 saturated carbocycles. The number of aryl methyl sites for hydroxylation is 2. The molecule has 2 rings (SSSR count). The Morgan fingerprint density at radius 1 is 1.12 bits per heavy atom. The molecule has 0 bridgehead atoms. The molecule has 1 saturated heterocycles. The number of hydrogen-bond donors (Lipinski definition) is 1. The van der Waals surface area contributed by atoms with Crippen molar-refractivity contribution in [1.82, 2.24) is 10.2 Å². The van der Waals surface area contributed by atoms with Gasteiger partial charge in [0.2, 0.25) is 0 Å². The Bertz CT molecular complexity index is 354. The lowest BCUT2D eigenvalue weighted by Gasteiger charge is -2.33. The summed E-state index contributed by atoms with van der Waals surface area (Å²) in [6, 6.07) is 7.39. The number of piperazine rings is 1. The van der Waals surface area contributed by atoms with Gasteiger partial charge in [0, 0.05) is 32.2 Å². The first-order chi connectivity index (χ1) is 7.68. The summed E-state index contributed by atoms with van der Waals surface area (Å²) in [5.41, 5.74) is 4.24. The van der Waals surface area contributed by atoms with Gasteiger partial charge in [0.25, 0.3) is 0 Å². The van der Waals surface area contributed by atoms with Gasteiger partial charge in [-0.2, -0.15) is 0 Å². The SMILES string of the molecule is Cc1ccc([C@@H](C)N2CCNCC2)cc1C. The molecule has 1 atom stereocenters. The largest absolute Gasteiger partial charge is 0.314 e. The maximum Gasteiger partial charge on any atom is 0.0321 e. The van der Waals surface area contributed by atoms with E-state index in [1.54, 1.807) is 0 Å². The van der Waals surface area contributed by atoms with Gasteiger partial charge in [-0.3, -0.25) is 4.90 Å². The molecular weight excluding hydrogens is 196 g/mol. The van der Waals surface area contributed by atoms with Crippen molar-refractivity contribution < 1.29 is 0 Å². The highest BCUT2D eigenvalue weighted by molar-refractivity contribution is 5.31. The molecular formula is C14H22N2. The minimum atomic E-state index is 0.543. The van der Waals surface area contributed by atoms with Crippen LogP contribution in [0.15, 0.2) is 18.2 Å². The highest BCUT2D eigenvalue weighted by Gasteiger charge is 2.17. The molecule has 0 aliphatic carbocycles. The van der Waals surface area contributed by atoms with Crippen molar-refractivity contribution in [2.45, 2.75) is 26.8 Å². The second-order valence-electron chi connectivity index (χ2n) is 4.81. The number of nitrogens with zero attached hydrogens (tertiary/aromatic N) is 1. The van der Waals surface area contributed by atoms with Gasteiger partial charge in [0.05, 0.1) is 0 Å². The van der Waals surface area contributed by atoms with Crippen molar-refractivity contribution >= 4 is 0 Å². The van der Waals surface area contributed by atoms with Crippen LogP contribution in [0.3, 0.4) is 0 Å². The Hall–Kier alpha value is -0.860. The van der Waals surface area contributed by atoms with Gasteiger partial charge in [-0.15, -0.1) is 0 Å². The van der Waals surface area contributed by atoms with Gasteiger partial charge in [-0.25, -0.2) is 0 Å². The quantitative estimate of drug-likeness (QED) is 0.819. The van der Waals surface area contributed by atoms with Gasteiger partial charge in [-0.05, 0) is 37.5 Å². The topological polar surface area (TPSA) is 15.3 Å². The summed E-state index contributed by atoms with van der Waals surface area (Å²) < 4.78 is 0. The molecule has 88 valence electrons. The van der Waals surface area contributed by atoms with Gasteiger partial charge in [-0.1, -0.05) is 18.2 Å². The van der Waals surface area contributed by atoms with Crippen LogP contribution in [0, 0.1) is 13.8 Å². The van der Waals surface area contributed by atoms with Gasteiger partial charge < -0.3 is 5.32 Å². The molecule has 2 heteroatoms. The highest BCUT2D eigenvalue weighted by atomic mass is 15.2. The second kappa shape index (κ2) is 4.98. The van der Waals surface area contributed by atoms with Crippen molar-refractivity contribution in [3.05, 3.63) is 34.9 Å². The summed E-state index contributed by atoms with van der Waals surface area (Å²) in [4.78, 5) is 2.56. The third-order valence-corrected chi connectivity index (χ3v) is 3.71. The van der Waals surface area contributed by atoms with E-state index >= 15 is 0 Å². The molecule has 2 nitrogen and oxygen atoms in total. The number of rotatable bonds is 2. The first kappa shape index (κ1) is 11.6. The fourth-order valence-corrected chi connectivity index (χ4v) is 2.30. The average molecular weight is 218 g/mol. The van der Waals surface area contributed by atoms with E-state index in [-0.39, 0.29) is 0 Å². The molecule has 0 aromatic heterocycles.